The highest BCUT2D eigenvalue weighted by Crippen LogP contribution is 2.49. The van der Waals surface area contributed by atoms with Crippen molar-refractivity contribution in [3.05, 3.63) is 35.4 Å². The Balaban J connectivity index is 1.20. The number of fused-ring (bicyclic) bond motifs is 2. The lowest BCUT2D eigenvalue weighted by Crippen LogP contribution is -2.29. The maximum Gasteiger partial charge on any atom is 0.220 e. The van der Waals surface area contributed by atoms with Crippen LogP contribution in [0.3, 0.4) is 0 Å². The van der Waals surface area contributed by atoms with Crippen LogP contribution < -0.4 is 5.32 Å². The first-order chi connectivity index (χ1) is 12.3. The molecule has 0 unspecified atom stereocenters. The highest BCUT2D eigenvalue weighted by molar-refractivity contribution is 5.76. The van der Waals surface area contributed by atoms with E-state index >= 15 is 0 Å². The number of benzene rings is 1. The van der Waals surface area contributed by atoms with Gasteiger partial charge >= 0.3 is 0 Å². The summed E-state index contributed by atoms with van der Waals surface area (Å²) in [6.07, 6.45) is 10.3. The second kappa shape index (κ2) is 7.90. The van der Waals surface area contributed by atoms with Crippen LogP contribution in [0.15, 0.2) is 24.3 Å². The van der Waals surface area contributed by atoms with Crippen molar-refractivity contribution in [2.24, 2.45) is 17.8 Å². The number of carbonyl (C=O) groups excluding carboxylic acids is 1. The molecule has 2 saturated carbocycles. The predicted molar refractivity (Wildman–Crippen MR) is 101 cm³/mol. The van der Waals surface area contributed by atoms with Crippen LogP contribution in [0.4, 0.5) is 0 Å². The molecule has 3 heteroatoms. The van der Waals surface area contributed by atoms with Gasteiger partial charge in [0.25, 0.3) is 0 Å². The smallest absolute Gasteiger partial charge is 0.220 e. The molecule has 1 saturated heterocycles. The van der Waals surface area contributed by atoms with E-state index in [2.05, 4.69) is 34.5 Å². The number of nitrogens with one attached hydrogen (secondary N) is 1. The topological polar surface area (TPSA) is 32.3 Å². The van der Waals surface area contributed by atoms with Gasteiger partial charge in [-0.25, -0.2) is 0 Å². The summed E-state index contributed by atoms with van der Waals surface area (Å²) in [5.41, 5.74) is 2.60. The first-order valence-electron chi connectivity index (χ1n) is 10.3. The van der Waals surface area contributed by atoms with Crippen LogP contribution >= 0.6 is 0 Å². The van der Waals surface area contributed by atoms with Gasteiger partial charge in [-0.1, -0.05) is 37.1 Å². The molecule has 3 nitrogen and oxygen atoms in total. The van der Waals surface area contributed by atoms with Gasteiger partial charge in [0.2, 0.25) is 5.91 Å². The monoisotopic (exact) mass is 340 g/mol. The van der Waals surface area contributed by atoms with E-state index in [9.17, 15) is 4.79 Å². The van der Waals surface area contributed by atoms with Crippen molar-refractivity contribution in [3.63, 3.8) is 0 Å². The Morgan fingerprint density at radius 3 is 2.44 bits per heavy atom. The van der Waals surface area contributed by atoms with Gasteiger partial charge in [0, 0.05) is 19.5 Å². The van der Waals surface area contributed by atoms with Crippen molar-refractivity contribution in [2.75, 3.05) is 13.1 Å². The number of nitrogens with zero attached hydrogens (tertiary/aromatic N) is 1. The largest absolute Gasteiger partial charge is 0.352 e. The molecule has 1 N–H and O–H groups in total. The molecule has 4 rings (SSSR count). The number of rotatable bonds is 6. The fourth-order valence-corrected chi connectivity index (χ4v) is 5.28. The van der Waals surface area contributed by atoms with Gasteiger partial charge in [0.05, 0.1) is 0 Å². The molecule has 1 aliphatic heterocycles. The summed E-state index contributed by atoms with van der Waals surface area (Å²) in [4.78, 5) is 14.8. The summed E-state index contributed by atoms with van der Waals surface area (Å²) in [5, 5.41) is 3.14. The van der Waals surface area contributed by atoms with Crippen molar-refractivity contribution < 1.29 is 4.79 Å². The normalized spacial score (nSPS) is 29.0. The first-order valence-corrected chi connectivity index (χ1v) is 10.3. The van der Waals surface area contributed by atoms with E-state index in [-0.39, 0.29) is 5.91 Å². The molecule has 3 atom stereocenters. The van der Waals surface area contributed by atoms with Gasteiger partial charge in [0.1, 0.15) is 0 Å². The number of carbonyl (C=O) groups is 1. The SMILES string of the molecule is O=C(C[C@@H]1C[C@@H]2CC[C@@H]1C2)NCc1ccc(CN2CCCCC2)cc1. The van der Waals surface area contributed by atoms with Crippen LogP contribution in [0.1, 0.15) is 62.5 Å². The van der Waals surface area contributed by atoms with E-state index < -0.39 is 0 Å². The second-order valence-corrected chi connectivity index (χ2v) is 8.57. The van der Waals surface area contributed by atoms with Gasteiger partial charge in [-0.2, -0.15) is 0 Å². The molecular formula is C22H32N2O. The molecule has 0 aromatic heterocycles. The van der Waals surface area contributed by atoms with Crippen molar-refractivity contribution >= 4 is 5.91 Å². The number of hydrogen-bond donors (Lipinski definition) is 1. The minimum Gasteiger partial charge on any atom is -0.352 e. The molecule has 2 aliphatic carbocycles. The van der Waals surface area contributed by atoms with Gasteiger partial charge in [-0.3, -0.25) is 9.69 Å². The van der Waals surface area contributed by atoms with Gasteiger partial charge in [-0.05, 0) is 74.1 Å². The molecule has 2 bridgehead atoms. The van der Waals surface area contributed by atoms with Crippen molar-refractivity contribution in [1.82, 2.24) is 10.2 Å². The molecular weight excluding hydrogens is 308 g/mol. The quantitative estimate of drug-likeness (QED) is 0.845. The summed E-state index contributed by atoms with van der Waals surface area (Å²) in [6, 6.07) is 8.81. The van der Waals surface area contributed by atoms with E-state index in [4.69, 9.17) is 0 Å². The summed E-state index contributed by atoms with van der Waals surface area (Å²) < 4.78 is 0. The third kappa shape index (κ3) is 4.44. The molecule has 1 heterocycles. The molecule has 1 aromatic carbocycles. The zero-order valence-corrected chi connectivity index (χ0v) is 15.4. The Bertz CT molecular complexity index is 576. The van der Waals surface area contributed by atoms with Crippen LogP contribution in [0.25, 0.3) is 0 Å². The number of likely N-dealkylation sites (tertiary alicyclic amines) is 1. The van der Waals surface area contributed by atoms with Crippen LogP contribution in [-0.4, -0.2) is 23.9 Å². The van der Waals surface area contributed by atoms with Gasteiger partial charge < -0.3 is 5.32 Å². The lowest BCUT2D eigenvalue weighted by molar-refractivity contribution is -0.122. The number of piperidine rings is 1. The molecule has 0 spiro atoms. The van der Waals surface area contributed by atoms with Crippen LogP contribution in [0.5, 0.6) is 0 Å². The van der Waals surface area contributed by atoms with E-state index in [0.717, 1.165) is 24.8 Å². The van der Waals surface area contributed by atoms with Gasteiger partial charge in [0.15, 0.2) is 0 Å². The molecule has 3 aliphatic rings. The maximum absolute atomic E-state index is 12.3. The van der Waals surface area contributed by atoms with E-state index in [1.165, 1.54) is 69.2 Å². The average molecular weight is 341 g/mol. The summed E-state index contributed by atoms with van der Waals surface area (Å²) in [5.74, 6) is 2.67. The molecule has 1 aromatic rings. The average Bonchev–Trinajstić information content (AvgIpc) is 3.25. The van der Waals surface area contributed by atoms with Crippen LogP contribution in [0, 0.1) is 17.8 Å². The summed E-state index contributed by atoms with van der Waals surface area (Å²) in [6.45, 7) is 4.21. The highest BCUT2D eigenvalue weighted by atomic mass is 16.1. The van der Waals surface area contributed by atoms with Crippen molar-refractivity contribution in [1.29, 1.82) is 0 Å². The van der Waals surface area contributed by atoms with Gasteiger partial charge in [-0.15, -0.1) is 0 Å². The Morgan fingerprint density at radius 1 is 1.00 bits per heavy atom. The highest BCUT2D eigenvalue weighted by Gasteiger charge is 2.39. The fourth-order valence-electron chi connectivity index (χ4n) is 5.28. The molecule has 25 heavy (non-hydrogen) atoms. The van der Waals surface area contributed by atoms with E-state index in [1.807, 2.05) is 0 Å². The fraction of sp³-hybridized carbons (Fsp3) is 0.682. The zero-order chi connectivity index (χ0) is 17.1. The lowest BCUT2D eigenvalue weighted by Gasteiger charge is -2.26. The second-order valence-electron chi connectivity index (χ2n) is 8.57. The predicted octanol–water partition coefficient (Wildman–Crippen LogP) is 4.12. The third-order valence-corrected chi connectivity index (χ3v) is 6.70. The Kier molecular flexibility index (Phi) is 5.40. The lowest BCUT2D eigenvalue weighted by atomic mass is 9.86. The van der Waals surface area contributed by atoms with Crippen molar-refractivity contribution in [2.45, 2.75) is 64.5 Å². The Morgan fingerprint density at radius 2 is 1.76 bits per heavy atom. The van der Waals surface area contributed by atoms with Crippen molar-refractivity contribution in [3.8, 4) is 0 Å². The molecule has 1 amide bonds. The Hall–Kier alpha value is -1.35. The van der Waals surface area contributed by atoms with Crippen LogP contribution in [0.2, 0.25) is 0 Å². The number of hydrogen-bond acceptors (Lipinski definition) is 2. The third-order valence-electron chi connectivity index (χ3n) is 6.70. The minimum atomic E-state index is 0.245. The zero-order valence-electron chi connectivity index (χ0n) is 15.4. The molecule has 0 radical (unpaired) electrons. The maximum atomic E-state index is 12.3. The van der Waals surface area contributed by atoms with E-state index in [1.54, 1.807) is 0 Å². The van der Waals surface area contributed by atoms with E-state index in [0.29, 0.717) is 12.5 Å². The Labute approximate surface area is 152 Å². The minimum absolute atomic E-state index is 0.245. The summed E-state index contributed by atoms with van der Waals surface area (Å²) >= 11 is 0. The standard InChI is InChI=1S/C22H32N2O/c25-22(14-21-13-19-8-9-20(21)12-19)23-15-17-4-6-18(7-5-17)16-24-10-2-1-3-11-24/h4-7,19-21H,1-3,8-16H2,(H,23,25)/t19-,20-,21+/m1/s1. The molecule has 136 valence electrons. The molecule has 3 fully saturated rings. The number of amides is 1. The van der Waals surface area contributed by atoms with Crippen LogP contribution in [-0.2, 0) is 17.9 Å². The first kappa shape index (κ1) is 17.1. The summed E-state index contributed by atoms with van der Waals surface area (Å²) in [7, 11) is 0.